The molecular weight excluding hydrogens is 452 g/mol. The van der Waals surface area contributed by atoms with Crippen LogP contribution in [0, 0.1) is 5.92 Å². The van der Waals surface area contributed by atoms with E-state index in [-0.39, 0.29) is 11.9 Å². The molecule has 0 bridgehead atoms. The first-order chi connectivity index (χ1) is 17.6. The van der Waals surface area contributed by atoms with Crippen LogP contribution in [0.5, 0.6) is 0 Å². The van der Waals surface area contributed by atoms with Crippen LogP contribution in [0.1, 0.15) is 25.8 Å². The first kappa shape index (κ1) is 20.9. The molecule has 4 aromatic heterocycles. The molecule has 0 aliphatic rings. The molecule has 8 heteroatoms. The first-order valence-corrected chi connectivity index (χ1v) is 12.3. The van der Waals surface area contributed by atoms with Crippen molar-refractivity contribution in [1.29, 1.82) is 0 Å². The molecule has 7 rings (SSSR count). The molecule has 0 fully saturated rings. The highest BCUT2D eigenvalue weighted by Crippen LogP contribution is 2.28. The first-order valence-electron chi connectivity index (χ1n) is 12.3. The Bertz CT molecular complexity index is 1960. The summed E-state index contributed by atoms with van der Waals surface area (Å²) in [5.74, 6) is 2.09. The van der Waals surface area contributed by atoms with Crippen molar-refractivity contribution in [3.05, 3.63) is 72.3 Å². The maximum Gasteiger partial charge on any atom is 0.308 e. The number of para-hydroxylation sites is 4. The molecule has 7 aromatic rings. The van der Waals surface area contributed by atoms with Gasteiger partial charge in [0.2, 0.25) is 17.3 Å². The zero-order chi connectivity index (χ0) is 24.4. The Balaban J connectivity index is 1.46. The van der Waals surface area contributed by atoms with Crippen molar-refractivity contribution < 1.29 is 9.53 Å². The van der Waals surface area contributed by atoms with Gasteiger partial charge in [0.1, 0.15) is 0 Å². The van der Waals surface area contributed by atoms with E-state index in [0.29, 0.717) is 13.0 Å². The summed E-state index contributed by atoms with van der Waals surface area (Å²) in [7, 11) is 0. The van der Waals surface area contributed by atoms with Crippen molar-refractivity contribution in [2.24, 2.45) is 5.92 Å². The number of fused-ring (bicyclic) bond motifs is 12. The number of nitrogens with zero attached hydrogens (tertiary/aromatic N) is 6. The van der Waals surface area contributed by atoms with E-state index in [0.717, 1.165) is 62.4 Å². The predicted molar refractivity (Wildman–Crippen MR) is 139 cm³/mol. The molecule has 4 heterocycles. The van der Waals surface area contributed by atoms with E-state index in [1.54, 1.807) is 0 Å². The number of hydrogen-bond acceptors (Lipinski definition) is 5. The van der Waals surface area contributed by atoms with Crippen molar-refractivity contribution in [2.45, 2.75) is 26.7 Å². The van der Waals surface area contributed by atoms with Crippen molar-refractivity contribution in [3.8, 4) is 0 Å². The van der Waals surface area contributed by atoms with Crippen molar-refractivity contribution in [3.63, 3.8) is 0 Å². The highest BCUT2D eigenvalue weighted by atomic mass is 16.5. The van der Waals surface area contributed by atoms with Crippen LogP contribution in [0.15, 0.2) is 66.7 Å². The molecule has 1 unspecified atom stereocenters. The quantitative estimate of drug-likeness (QED) is 0.318. The van der Waals surface area contributed by atoms with E-state index in [1.165, 1.54) is 0 Å². The van der Waals surface area contributed by atoms with Gasteiger partial charge in [-0.25, -0.2) is 28.2 Å². The minimum Gasteiger partial charge on any atom is -0.465 e. The molecule has 0 radical (unpaired) electrons. The second-order valence-corrected chi connectivity index (χ2v) is 9.27. The number of rotatable bonds is 5. The molecule has 0 aliphatic heterocycles. The third-order valence-corrected chi connectivity index (χ3v) is 7.04. The van der Waals surface area contributed by atoms with Gasteiger partial charge in [0.15, 0.2) is 0 Å². The largest absolute Gasteiger partial charge is 0.465 e. The lowest BCUT2D eigenvalue weighted by molar-refractivity contribution is -0.147. The molecule has 0 saturated heterocycles. The molecule has 0 amide bonds. The smallest absolute Gasteiger partial charge is 0.308 e. The van der Waals surface area contributed by atoms with Gasteiger partial charge in [0.05, 0.1) is 45.6 Å². The summed E-state index contributed by atoms with van der Waals surface area (Å²) in [6, 6.07) is 22.4. The topological polar surface area (TPSA) is 78.2 Å². The number of ether oxygens (including phenoxy) is 1. The van der Waals surface area contributed by atoms with Crippen LogP contribution in [0.4, 0.5) is 0 Å². The fourth-order valence-electron chi connectivity index (χ4n) is 4.92. The molecule has 0 N–H and O–H groups in total. The number of carbonyl (C=O) groups excluding carboxylic acids is 1. The maximum atomic E-state index is 12.0. The van der Waals surface area contributed by atoms with Crippen molar-refractivity contribution in [2.75, 3.05) is 6.61 Å². The van der Waals surface area contributed by atoms with E-state index < -0.39 is 0 Å². The zero-order valence-corrected chi connectivity index (χ0v) is 20.0. The van der Waals surface area contributed by atoms with Crippen molar-refractivity contribution >= 4 is 56.4 Å². The van der Waals surface area contributed by atoms with E-state index in [9.17, 15) is 4.79 Å². The van der Waals surface area contributed by atoms with E-state index >= 15 is 0 Å². The second kappa shape index (κ2) is 7.78. The normalized spacial score (nSPS) is 13.1. The second-order valence-electron chi connectivity index (χ2n) is 9.27. The molecule has 1 atom stereocenters. The summed E-state index contributed by atoms with van der Waals surface area (Å²) in [6.45, 7) is 4.24. The fraction of sp³-hybridized carbons (Fsp3) is 0.214. The lowest BCUT2D eigenvalue weighted by atomic mass is 10.1. The molecule has 178 valence electrons. The van der Waals surface area contributed by atoms with Gasteiger partial charge in [-0.05, 0) is 48.4 Å². The van der Waals surface area contributed by atoms with Gasteiger partial charge in [-0.1, -0.05) is 44.2 Å². The van der Waals surface area contributed by atoms with Crippen LogP contribution in [0.2, 0.25) is 0 Å². The number of aromatic nitrogens is 6. The maximum absolute atomic E-state index is 12.0. The Kier molecular flexibility index (Phi) is 4.51. The van der Waals surface area contributed by atoms with Crippen LogP contribution in [0.25, 0.3) is 50.4 Å². The lowest BCUT2D eigenvalue weighted by Gasteiger charge is -2.09. The Hall–Kier alpha value is -4.46. The third-order valence-electron chi connectivity index (χ3n) is 7.04. The molecule has 0 spiro atoms. The van der Waals surface area contributed by atoms with Crippen molar-refractivity contribution in [1.82, 2.24) is 28.2 Å². The number of esters is 1. The number of hydrogen-bond donors (Lipinski definition) is 0. The number of carbonyl (C=O) groups is 1. The molecular formula is C28H24N6O2. The summed E-state index contributed by atoms with van der Waals surface area (Å²) in [5.41, 5.74) is 6.69. The summed E-state index contributed by atoms with van der Waals surface area (Å²) >= 11 is 0. The minimum absolute atomic E-state index is 0.0780. The molecule has 36 heavy (non-hydrogen) atoms. The van der Waals surface area contributed by atoms with Gasteiger partial charge in [-0.15, -0.1) is 0 Å². The van der Waals surface area contributed by atoms with Gasteiger partial charge in [-0.3, -0.25) is 4.79 Å². The fourth-order valence-corrected chi connectivity index (χ4v) is 4.92. The minimum atomic E-state index is -0.144. The van der Waals surface area contributed by atoms with E-state index in [1.807, 2.05) is 50.2 Å². The van der Waals surface area contributed by atoms with E-state index in [2.05, 4.69) is 43.5 Å². The van der Waals surface area contributed by atoms with Crippen LogP contribution >= 0.6 is 0 Å². The molecule has 0 aliphatic carbocycles. The monoisotopic (exact) mass is 476 g/mol. The zero-order valence-electron chi connectivity index (χ0n) is 20.0. The summed E-state index contributed by atoms with van der Waals surface area (Å²) in [6.07, 6.45) is 1.42. The Labute approximate surface area is 205 Å². The molecule has 0 saturated carbocycles. The van der Waals surface area contributed by atoms with E-state index in [4.69, 9.17) is 19.7 Å². The lowest BCUT2D eigenvalue weighted by Crippen LogP contribution is -2.15. The van der Waals surface area contributed by atoms with Gasteiger partial charge in [0.25, 0.3) is 0 Å². The average molecular weight is 477 g/mol. The predicted octanol–water partition coefficient (Wildman–Crippen LogP) is 5.22. The standard InChI is InChI=1S/C28H24N6O2/c1-3-17(2)25(35)36-15-14-18-12-13-24-21(16-18)31-28-33-23-11-7-5-9-20(23)29-26(33)32-22-10-6-4-8-19(22)30-27(32)34(24)28/h4-13,16-17H,3,14-15H2,1-2H3. The SMILES string of the molecule is CCC(C)C(=O)OCCc1ccc2c(c1)nc1n3c4ccccc4nc3n3c4ccccc4nc3n21. The summed E-state index contributed by atoms with van der Waals surface area (Å²) in [4.78, 5) is 27.0. The Morgan fingerprint density at radius 2 is 1.31 bits per heavy atom. The highest BCUT2D eigenvalue weighted by Gasteiger charge is 2.20. The average Bonchev–Trinajstić information content (AvgIpc) is 3.58. The summed E-state index contributed by atoms with van der Waals surface area (Å²) < 4.78 is 11.8. The van der Waals surface area contributed by atoms with Crippen LogP contribution in [-0.4, -0.2) is 40.7 Å². The molecule has 8 nitrogen and oxygen atoms in total. The van der Waals surface area contributed by atoms with Crippen LogP contribution in [0.3, 0.4) is 0 Å². The highest BCUT2D eigenvalue weighted by molar-refractivity contribution is 5.91. The van der Waals surface area contributed by atoms with Crippen LogP contribution < -0.4 is 0 Å². The Morgan fingerprint density at radius 1 is 0.778 bits per heavy atom. The Morgan fingerprint density at radius 3 is 1.89 bits per heavy atom. The number of imidazole rings is 3. The summed E-state index contributed by atoms with van der Waals surface area (Å²) in [5, 5.41) is 0. The third kappa shape index (κ3) is 2.94. The molecule has 3 aromatic carbocycles. The van der Waals surface area contributed by atoms with Crippen LogP contribution in [-0.2, 0) is 16.0 Å². The van der Waals surface area contributed by atoms with Gasteiger partial charge in [0, 0.05) is 6.42 Å². The number of benzene rings is 3. The van der Waals surface area contributed by atoms with Gasteiger partial charge >= 0.3 is 5.97 Å². The van der Waals surface area contributed by atoms with Gasteiger partial charge in [-0.2, -0.15) is 0 Å². The van der Waals surface area contributed by atoms with Gasteiger partial charge < -0.3 is 4.74 Å².